The summed E-state index contributed by atoms with van der Waals surface area (Å²) in [5.41, 5.74) is 1.65. The molecule has 18 heavy (non-hydrogen) atoms. The highest BCUT2D eigenvalue weighted by Gasteiger charge is 2.14. The lowest BCUT2D eigenvalue weighted by molar-refractivity contribution is -0.140. The van der Waals surface area contributed by atoms with Crippen molar-refractivity contribution in [3.63, 3.8) is 0 Å². The number of aliphatic carboxylic acids is 1. The van der Waals surface area contributed by atoms with E-state index in [0.717, 1.165) is 17.0 Å². The fraction of sp³-hybridized carbons (Fsp3) is 0.462. The number of carboxylic acids is 1. The molecule has 0 saturated heterocycles. The molecule has 0 aromatic heterocycles. The summed E-state index contributed by atoms with van der Waals surface area (Å²) in [6, 6.07) is 3.64. The number of carbonyl (C=O) groups is 1. The molecule has 5 nitrogen and oxygen atoms in total. The van der Waals surface area contributed by atoms with Crippen molar-refractivity contribution < 1.29 is 19.4 Å². The third-order valence-corrected chi connectivity index (χ3v) is 2.80. The number of hydrogen-bond donors (Lipinski definition) is 2. The van der Waals surface area contributed by atoms with E-state index in [1.54, 1.807) is 21.1 Å². The van der Waals surface area contributed by atoms with Crippen molar-refractivity contribution in [1.82, 2.24) is 0 Å². The summed E-state index contributed by atoms with van der Waals surface area (Å²) >= 11 is 0. The van der Waals surface area contributed by atoms with Gasteiger partial charge >= 0.3 is 5.97 Å². The van der Waals surface area contributed by atoms with E-state index in [9.17, 15) is 4.79 Å². The Hall–Kier alpha value is -1.91. The van der Waals surface area contributed by atoms with Crippen molar-refractivity contribution in [1.29, 1.82) is 0 Å². The first-order valence-corrected chi connectivity index (χ1v) is 5.69. The van der Waals surface area contributed by atoms with Crippen LogP contribution in [-0.4, -0.2) is 31.8 Å². The smallest absolute Gasteiger partial charge is 0.308 e. The molecule has 0 spiro atoms. The number of methoxy groups -OCH3 is 2. The van der Waals surface area contributed by atoms with E-state index < -0.39 is 11.9 Å². The maximum Gasteiger partial charge on any atom is 0.308 e. The van der Waals surface area contributed by atoms with E-state index in [1.165, 1.54) is 0 Å². The molecule has 1 unspecified atom stereocenters. The van der Waals surface area contributed by atoms with Crippen molar-refractivity contribution >= 4 is 11.7 Å². The molecule has 1 aromatic carbocycles. The zero-order valence-corrected chi connectivity index (χ0v) is 11.1. The topological polar surface area (TPSA) is 67.8 Å². The van der Waals surface area contributed by atoms with Crippen LogP contribution in [0.15, 0.2) is 12.1 Å². The zero-order chi connectivity index (χ0) is 13.7. The summed E-state index contributed by atoms with van der Waals surface area (Å²) < 4.78 is 10.5. The number of rotatable bonds is 6. The Balaban J connectivity index is 2.89. The van der Waals surface area contributed by atoms with Crippen LogP contribution >= 0.6 is 0 Å². The van der Waals surface area contributed by atoms with Crippen molar-refractivity contribution in [2.45, 2.75) is 13.8 Å². The van der Waals surface area contributed by atoms with Gasteiger partial charge in [-0.15, -0.1) is 0 Å². The minimum absolute atomic E-state index is 0.345. The second kappa shape index (κ2) is 6.14. The molecule has 0 aliphatic heterocycles. The van der Waals surface area contributed by atoms with Crippen LogP contribution in [0.3, 0.4) is 0 Å². The van der Waals surface area contributed by atoms with Crippen LogP contribution in [-0.2, 0) is 4.79 Å². The minimum Gasteiger partial charge on any atom is -0.496 e. The molecular formula is C13H19NO4. The van der Waals surface area contributed by atoms with Crippen molar-refractivity contribution in [3.05, 3.63) is 17.7 Å². The number of hydrogen-bond acceptors (Lipinski definition) is 4. The van der Waals surface area contributed by atoms with E-state index in [-0.39, 0.29) is 0 Å². The Labute approximate surface area is 107 Å². The molecule has 1 atom stereocenters. The molecule has 0 heterocycles. The lowest BCUT2D eigenvalue weighted by atomic mass is 10.1. The van der Waals surface area contributed by atoms with Gasteiger partial charge in [-0.3, -0.25) is 4.79 Å². The summed E-state index contributed by atoms with van der Waals surface area (Å²) in [4.78, 5) is 10.8. The third kappa shape index (κ3) is 3.06. The molecule has 0 radical (unpaired) electrons. The lowest BCUT2D eigenvalue weighted by Crippen LogP contribution is -2.20. The van der Waals surface area contributed by atoms with E-state index >= 15 is 0 Å². The lowest BCUT2D eigenvalue weighted by Gasteiger charge is -2.16. The molecule has 1 rings (SSSR count). The highest BCUT2D eigenvalue weighted by molar-refractivity contribution is 5.71. The molecule has 5 heteroatoms. The Morgan fingerprint density at radius 1 is 1.39 bits per heavy atom. The number of anilines is 1. The second-order valence-corrected chi connectivity index (χ2v) is 4.09. The van der Waals surface area contributed by atoms with Crippen LogP contribution in [0, 0.1) is 12.8 Å². The van der Waals surface area contributed by atoms with Crippen LogP contribution in [0.2, 0.25) is 0 Å². The van der Waals surface area contributed by atoms with Gasteiger partial charge in [0.1, 0.15) is 11.5 Å². The van der Waals surface area contributed by atoms with E-state index in [1.807, 2.05) is 19.1 Å². The summed E-state index contributed by atoms with van der Waals surface area (Å²) in [6.45, 7) is 3.89. The van der Waals surface area contributed by atoms with Crippen molar-refractivity contribution in [2.75, 3.05) is 26.1 Å². The van der Waals surface area contributed by atoms with Crippen LogP contribution in [0.5, 0.6) is 11.5 Å². The first-order chi connectivity index (χ1) is 8.51. The molecule has 0 aliphatic carbocycles. The predicted molar refractivity (Wildman–Crippen MR) is 69.6 cm³/mol. The largest absolute Gasteiger partial charge is 0.496 e. The molecule has 2 N–H and O–H groups in total. The summed E-state index contributed by atoms with van der Waals surface area (Å²) in [6.07, 6.45) is 0. The van der Waals surface area contributed by atoms with Crippen LogP contribution in [0.25, 0.3) is 0 Å². The Morgan fingerprint density at radius 3 is 2.56 bits per heavy atom. The van der Waals surface area contributed by atoms with Gasteiger partial charge < -0.3 is 19.9 Å². The fourth-order valence-electron chi connectivity index (χ4n) is 1.65. The van der Waals surface area contributed by atoms with Crippen molar-refractivity contribution in [2.24, 2.45) is 5.92 Å². The van der Waals surface area contributed by atoms with E-state index in [4.69, 9.17) is 14.6 Å². The van der Waals surface area contributed by atoms with Gasteiger partial charge in [-0.25, -0.2) is 0 Å². The number of benzene rings is 1. The molecule has 100 valence electrons. The first kappa shape index (κ1) is 14.2. The highest BCUT2D eigenvalue weighted by Crippen LogP contribution is 2.34. The molecule has 0 saturated carbocycles. The number of nitrogens with one attached hydrogen (secondary N) is 1. The van der Waals surface area contributed by atoms with Crippen LogP contribution in [0.1, 0.15) is 12.5 Å². The maximum atomic E-state index is 10.8. The summed E-state index contributed by atoms with van der Waals surface area (Å²) in [5, 5.41) is 11.9. The normalized spacial score (nSPS) is 11.8. The van der Waals surface area contributed by atoms with Gasteiger partial charge in [-0.05, 0) is 19.1 Å². The van der Waals surface area contributed by atoms with Crippen LogP contribution < -0.4 is 14.8 Å². The maximum absolute atomic E-state index is 10.8. The Bertz CT molecular complexity index is 431. The fourth-order valence-corrected chi connectivity index (χ4v) is 1.65. The summed E-state index contributed by atoms with van der Waals surface area (Å²) in [5.74, 6) is 0.124. The second-order valence-electron chi connectivity index (χ2n) is 4.09. The molecule has 0 aliphatic rings. The number of ether oxygens (including phenoxy) is 2. The SMILES string of the molecule is COc1ccc(NCC(C)C(=O)O)c(OC)c1C. The number of carboxylic acid groups (broad SMARTS) is 1. The van der Waals surface area contributed by atoms with Gasteiger partial charge in [0, 0.05) is 12.1 Å². The molecule has 1 aromatic rings. The molecule has 0 amide bonds. The highest BCUT2D eigenvalue weighted by atomic mass is 16.5. The molecular weight excluding hydrogens is 234 g/mol. The zero-order valence-electron chi connectivity index (χ0n) is 11.1. The standard InChI is InChI=1S/C13H19NO4/c1-8(13(15)16)7-14-10-5-6-11(17-3)9(2)12(10)18-4/h5-6,8,14H,7H2,1-4H3,(H,15,16). The average molecular weight is 253 g/mol. The average Bonchev–Trinajstić information content (AvgIpc) is 2.35. The van der Waals surface area contributed by atoms with Gasteiger partial charge in [0.15, 0.2) is 0 Å². The third-order valence-electron chi connectivity index (χ3n) is 2.80. The Morgan fingerprint density at radius 2 is 2.06 bits per heavy atom. The Kier molecular flexibility index (Phi) is 4.83. The van der Waals surface area contributed by atoms with Gasteiger partial charge in [-0.1, -0.05) is 6.92 Å². The van der Waals surface area contributed by atoms with Crippen LogP contribution in [0.4, 0.5) is 5.69 Å². The predicted octanol–water partition coefficient (Wildman–Crippen LogP) is 2.14. The molecule has 0 fully saturated rings. The minimum atomic E-state index is -0.827. The molecule has 0 bridgehead atoms. The van der Waals surface area contributed by atoms with E-state index in [2.05, 4.69) is 5.32 Å². The van der Waals surface area contributed by atoms with Gasteiger partial charge in [0.25, 0.3) is 0 Å². The van der Waals surface area contributed by atoms with Gasteiger partial charge in [0.05, 0.1) is 25.8 Å². The quantitative estimate of drug-likeness (QED) is 0.813. The van der Waals surface area contributed by atoms with Crippen molar-refractivity contribution in [3.8, 4) is 11.5 Å². The summed E-state index contributed by atoms with van der Waals surface area (Å²) in [7, 11) is 3.18. The van der Waals surface area contributed by atoms with Gasteiger partial charge in [0.2, 0.25) is 0 Å². The first-order valence-electron chi connectivity index (χ1n) is 5.69. The monoisotopic (exact) mass is 253 g/mol. The van der Waals surface area contributed by atoms with Gasteiger partial charge in [-0.2, -0.15) is 0 Å². The van der Waals surface area contributed by atoms with E-state index in [0.29, 0.717) is 12.3 Å².